The zero-order chi connectivity index (χ0) is 20.9. The van der Waals surface area contributed by atoms with Crippen molar-refractivity contribution in [1.29, 1.82) is 0 Å². The van der Waals surface area contributed by atoms with Crippen LogP contribution in [-0.4, -0.2) is 73.3 Å². The highest BCUT2D eigenvalue weighted by atomic mass is 16.2. The van der Waals surface area contributed by atoms with Gasteiger partial charge in [0, 0.05) is 12.1 Å². The van der Waals surface area contributed by atoms with E-state index >= 15 is 0 Å². The van der Waals surface area contributed by atoms with Crippen LogP contribution >= 0.6 is 0 Å². The summed E-state index contributed by atoms with van der Waals surface area (Å²) in [4.78, 5) is 57.0. The Morgan fingerprint density at radius 3 is 1.26 bits per heavy atom. The van der Waals surface area contributed by atoms with E-state index < -0.39 is 23.1 Å². The van der Waals surface area contributed by atoms with Gasteiger partial charge in [-0.3, -0.25) is 29.2 Å². The molecule has 6 amide bonds. The molecule has 0 aliphatic carbocycles. The van der Waals surface area contributed by atoms with Gasteiger partial charge in [-0.15, -0.1) is 0 Å². The fraction of sp³-hybridized carbons (Fsp3) is 0.789. The molecule has 2 saturated heterocycles. The molecule has 152 valence electrons. The Morgan fingerprint density at radius 1 is 0.704 bits per heavy atom. The van der Waals surface area contributed by atoms with E-state index in [2.05, 4.69) is 0 Å². The minimum absolute atomic E-state index is 0.102. The van der Waals surface area contributed by atoms with E-state index in [1.165, 1.54) is 19.6 Å². The van der Waals surface area contributed by atoms with Gasteiger partial charge < -0.3 is 0 Å². The average molecular weight is 380 g/mol. The minimum Gasteiger partial charge on any atom is -0.292 e. The first-order chi connectivity index (χ1) is 12.3. The van der Waals surface area contributed by atoms with Crippen molar-refractivity contribution in [2.75, 3.05) is 6.67 Å². The van der Waals surface area contributed by atoms with E-state index in [0.29, 0.717) is 12.8 Å². The number of rotatable bonds is 6. The van der Waals surface area contributed by atoms with Gasteiger partial charge in [-0.05, 0) is 54.4 Å². The first-order valence-corrected chi connectivity index (χ1v) is 9.64. The number of imide groups is 2. The average Bonchev–Trinajstić information content (AvgIpc) is 2.87. The molecule has 0 saturated carbocycles. The van der Waals surface area contributed by atoms with Crippen LogP contribution in [0.3, 0.4) is 0 Å². The summed E-state index contributed by atoms with van der Waals surface area (Å²) in [7, 11) is 0. The first-order valence-electron chi connectivity index (χ1n) is 9.64. The molecule has 2 atom stereocenters. The number of nitrogens with zero attached hydrogens (tertiary/aromatic N) is 4. The van der Waals surface area contributed by atoms with Crippen LogP contribution in [0.25, 0.3) is 0 Å². The molecule has 8 heteroatoms. The Hall–Kier alpha value is -2.12. The van der Waals surface area contributed by atoms with E-state index in [-0.39, 0.29) is 30.6 Å². The molecular formula is C19H32N4O4. The number of amides is 6. The number of urea groups is 2. The maximum atomic E-state index is 13.0. The van der Waals surface area contributed by atoms with Gasteiger partial charge >= 0.3 is 12.1 Å². The van der Waals surface area contributed by atoms with Crippen molar-refractivity contribution in [3.63, 3.8) is 0 Å². The third-order valence-electron chi connectivity index (χ3n) is 6.05. The molecule has 2 fully saturated rings. The Bertz CT molecular complexity index is 617. The molecule has 2 unspecified atom stereocenters. The fourth-order valence-corrected chi connectivity index (χ4v) is 3.49. The Morgan fingerprint density at radius 2 is 1.00 bits per heavy atom. The smallest absolute Gasteiger partial charge is 0.292 e. The third-order valence-corrected chi connectivity index (χ3v) is 6.05. The predicted octanol–water partition coefficient (Wildman–Crippen LogP) is 2.63. The van der Waals surface area contributed by atoms with Crippen molar-refractivity contribution in [3.05, 3.63) is 0 Å². The molecule has 0 spiro atoms. The molecule has 8 nitrogen and oxygen atoms in total. The second-order valence-corrected chi connectivity index (χ2v) is 8.55. The van der Waals surface area contributed by atoms with Gasteiger partial charge in [0.05, 0.1) is 0 Å². The lowest BCUT2D eigenvalue weighted by Crippen LogP contribution is -2.55. The van der Waals surface area contributed by atoms with E-state index in [4.69, 9.17) is 0 Å². The third kappa shape index (κ3) is 2.99. The van der Waals surface area contributed by atoms with Crippen molar-refractivity contribution < 1.29 is 19.2 Å². The number of hydrogen-bond acceptors (Lipinski definition) is 4. The monoisotopic (exact) mass is 380 g/mol. The van der Waals surface area contributed by atoms with Gasteiger partial charge in [0.1, 0.15) is 17.7 Å². The van der Waals surface area contributed by atoms with Crippen LogP contribution in [-0.2, 0) is 9.59 Å². The Labute approximate surface area is 161 Å². The van der Waals surface area contributed by atoms with Crippen molar-refractivity contribution in [3.8, 4) is 0 Å². The molecular weight excluding hydrogens is 348 g/mol. The second kappa shape index (κ2) is 6.80. The van der Waals surface area contributed by atoms with Crippen LogP contribution in [0.1, 0.15) is 68.2 Å². The number of carbonyl (C=O) groups is 4. The minimum atomic E-state index is -1.08. The maximum Gasteiger partial charge on any atom is 0.329 e. The van der Waals surface area contributed by atoms with E-state index in [9.17, 15) is 19.2 Å². The molecule has 2 rings (SSSR count). The Balaban J connectivity index is 2.37. The Kier molecular flexibility index (Phi) is 5.33. The zero-order valence-electron chi connectivity index (χ0n) is 17.7. The van der Waals surface area contributed by atoms with Crippen LogP contribution in [0.15, 0.2) is 0 Å². The maximum absolute atomic E-state index is 13.0. The number of hydrogen-bond donors (Lipinski definition) is 0. The summed E-state index contributed by atoms with van der Waals surface area (Å²) in [6.07, 6.45) is 1.30. The van der Waals surface area contributed by atoms with Gasteiger partial charge in [0.15, 0.2) is 0 Å². The van der Waals surface area contributed by atoms with Crippen molar-refractivity contribution in [1.82, 2.24) is 19.6 Å². The van der Waals surface area contributed by atoms with Gasteiger partial charge in [0.2, 0.25) is 0 Å². The highest BCUT2D eigenvalue weighted by Gasteiger charge is 2.58. The lowest BCUT2D eigenvalue weighted by Gasteiger charge is -2.36. The zero-order valence-corrected chi connectivity index (χ0v) is 17.7. The normalized spacial score (nSPS) is 24.3. The lowest BCUT2D eigenvalue weighted by atomic mass is 10.0. The van der Waals surface area contributed by atoms with Gasteiger partial charge in [-0.25, -0.2) is 9.59 Å². The molecule has 0 aromatic carbocycles. The molecule has 0 bridgehead atoms. The summed E-state index contributed by atoms with van der Waals surface area (Å²) in [6.45, 7) is 14.1. The summed E-state index contributed by atoms with van der Waals surface area (Å²) in [6, 6.07) is -1.29. The summed E-state index contributed by atoms with van der Waals surface area (Å²) < 4.78 is 0. The summed E-state index contributed by atoms with van der Waals surface area (Å²) in [5.74, 6) is -0.562. The summed E-state index contributed by atoms with van der Waals surface area (Å²) in [5.41, 5.74) is -2.16. The molecule has 0 N–H and O–H groups in total. The lowest BCUT2D eigenvalue weighted by molar-refractivity contribution is -0.134. The molecule has 27 heavy (non-hydrogen) atoms. The highest BCUT2D eigenvalue weighted by Crippen LogP contribution is 2.35. The SMILES string of the molecule is CCC(C)N1C(=O)N(CN2C(=O)N(C(C)CC)C(=O)C2(C)C)C(C)(C)C1=O. The van der Waals surface area contributed by atoms with E-state index in [1.807, 2.05) is 27.7 Å². The largest absolute Gasteiger partial charge is 0.329 e. The van der Waals surface area contributed by atoms with Crippen LogP contribution in [0.4, 0.5) is 9.59 Å². The molecule has 2 heterocycles. The highest BCUT2D eigenvalue weighted by molar-refractivity contribution is 6.08. The van der Waals surface area contributed by atoms with Gasteiger partial charge in [-0.2, -0.15) is 0 Å². The topological polar surface area (TPSA) is 81.2 Å². The molecule has 2 aliphatic heterocycles. The first kappa shape index (κ1) is 21.2. The van der Waals surface area contributed by atoms with Crippen molar-refractivity contribution >= 4 is 23.9 Å². The van der Waals surface area contributed by atoms with E-state index in [0.717, 1.165) is 0 Å². The van der Waals surface area contributed by atoms with Crippen LogP contribution in [0.2, 0.25) is 0 Å². The van der Waals surface area contributed by atoms with Crippen LogP contribution in [0, 0.1) is 0 Å². The quantitative estimate of drug-likeness (QED) is 0.664. The van der Waals surface area contributed by atoms with Gasteiger partial charge in [0.25, 0.3) is 11.8 Å². The fourth-order valence-electron chi connectivity index (χ4n) is 3.49. The number of carbonyl (C=O) groups excluding carboxylic acids is 4. The summed E-state index contributed by atoms with van der Waals surface area (Å²) in [5, 5.41) is 0. The van der Waals surface area contributed by atoms with Crippen molar-refractivity contribution in [2.45, 2.75) is 91.4 Å². The predicted molar refractivity (Wildman–Crippen MR) is 101 cm³/mol. The van der Waals surface area contributed by atoms with Crippen LogP contribution < -0.4 is 0 Å². The van der Waals surface area contributed by atoms with Crippen LogP contribution in [0.5, 0.6) is 0 Å². The second-order valence-electron chi connectivity index (χ2n) is 8.55. The van der Waals surface area contributed by atoms with Gasteiger partial charge in [-0.1, -0.05) is 13.8 Å². The standard InChI is InChI=1S/C19H32N4O4/c1-9-12(3)22-14(24)18(5,6)20(16(22)26)11-21-17(27)23(13(4)10-2)15(25)19(21,7)8/h12-13H,9-11H2,1-8H3. The molecule has 0 aromatic rings. The molecule has 0 radical (unpaired) electrons. The summed E-state index contributed by atoms with van der Waals surface area (Å²) >= 11 is 0. The van der Waals surface area contributed by atoms with E-state index in [1.54, 1.807) is 27.7 Å². The molecule has 0 aromatic heterocycles. The molecule has 2 aliphatic rings. The van der Waals surface area contributed by atoms with Crippen molar-refractivity contribution in [2.24, 2.45) is 0 Å².